The first-order valence-corrected chi connectivity index (χ1v) is 8.97. The first kappa shape index (κ1) is 21.2. The number of amides is 1. The SMILES string of the molecule is CCOc1cc(Cl)c(C=NNC(=O)Cc2ccccc2[N+](=O)[O-])cc1OCC. The Morgan fingerprint density at radius 2 is 1.86 bits per heavy atom. The van der Waals surface area contributed by atoms with Crippen LogP contribution in [0.2, 0.25) is 5.02 Å². The summed E-state index contributed by atoms with van der Waals surface area (Å²) in [5.74, 6) is 0.547. The summed E-state index contributed by atoms with van der Waals surface area (Å²) in [6, 6.07) is 9.33. The number of nitro groups is 1. The molecule has 2 aromatic rings. The van der Waals surface area contributed by atoms with E-state index in [0.29, 0.717) is 40.9 Å². The highest BCUT2D eigenvalue weighted by Gasteiger charge is 2.15. The van der Waals surface area contributed by atoms with Crippen LogP contribution in [0.3, 0.4) is 0 Å². The molecular weight excluding hydrogens is 386 g/mol. The number of hydrogen-bond donors (Lipinski definition) is 1. The highest BCUT2D eigenvalue weighted by atomic mass is 35.5. The second-order valence-corrected chi connectivity index (χ2v) is 5.95. The minimum absolute atomic E-state index is 0.113. The third-order valence-corrected chi connectivity index (χ3v) is 3.92. The number of carbonyl (C=O) groups excluding carboxylic acids is 1. The second kappa shape index (κ2) is 10.3. The van der Waals surface area contributed by atoms with Crippen molar-refractivity contribution in [3.05, 3.63) is 62.7 Å². The number of ether oxygens (including phenoxy) is 2. The van der Waals surface area contributed by atoms with E-state index in [1.807, 2.05) is 13.8 Å². The molecule has 1 amide bonds. The number of para-hydroxylation sites is 1. The Kier molecular flexibility index (Phi) is 7.76. The van der Waals surface area contributed by atoms with Crippen LogP contribution in [0.15, 0.2) is 41.5 Å². The molecule has 28 heavy (non-hydrogen) atoms. The van der Waals surface area contributed by atoms with Crippen LogP contribution in [0.5, 0.6) is 11.5 Å². The number of rotatable bonds is 9. The van der Waals surface area contributed by atoms with Crippen LogP contribution in [-0.2, 0) is 11.2 Å². The smallest absolute Gasteiger partial charge is 0.273 e. The van der Waals surface area contributed by atoms with Gasteiger partial charge >= 0.3 is 0 Å². The molecule has 2 aromatic carbocycles. The number of nitrogens with one attached hydrogen (secondary N) is 1. The fourth-order valence-electron chi connectivity index (χ4n) is 2.41. The number of nitro benzene ring substituents is 1. The van der Waals surface area contributed by atoms with Crippen molar-refractivity contribution in [1.29, 1.82) is 0 Å². The molecule has 9 heteroatoms. The number of benzene rings is 2. The minimum Gasteiger partial charge on any atom is -0.490 e. The first-order valence-electron chi connectivity index (χ1n) is 8.59. The average molecular weight is 406 g/mol. The van der Waals surface area contributed by atoms with Crippen LogP contribution in [0, 0.1) is 10.1 Å². The Morgan fingerprint density at radius 3 is 2.50 bits per heavy atom. The van der Waals surface area contributed by atoms with Gasteiger partial charge in [0.15, 0.2) is 11.5 Å². The zero-order chi connectivity index (χ0) is 20.5. The second-order valence-electron chi connectivity index (χ2n) is 5.54. The number of carbonyl (C=O) groups is 1. The Labute approximate surface area is 167 Å². The molecule has 0 bridgehead atoms. The summed E-state index contributed by atoms with van der Waals surface area (Å²) in [5, 5.41) is 15.3. The van der Waals surface area contributed by atoms with Gasteiger partial charge in [-0.3, -0.25) is 14.9 Å². The molecule has 0 saturated heterocycles. The van der Waals surface area contributed by atoms with Crippen LogP contribution in [0.1, 0.15) is 25.0 Å². The van der Waals surface area contributed by atoms with Gasteiger partial charge in [-0.15, -0.1) is 0 Å². The van der Waals surface area contributed by atoms with Crippen LogP contribution >= 0.6 is 11.6 Å². The maximum Gasteiger partial charge on any atom is 0.273 e. The van der Waals surface area contributed by atoms with E-state index in [0.717, 1.165) is 0 Å². The van der Waals surface area contributed by atoms with E-state index in [2.05, 4.69) is 10.5 Å². The van der Waals surface area contributed by atoms with Crippen molar-refractivity contribution < 1.29 is 19.2 Å². The first-order chi connectivity index (χ1) is 13.5. The van der Waals surface area contributed by atoms with Crippen LogP contribution in [0.4, 0.5) is 5.69 Å². The Balaban J connectivity index is 2.09. The molecular formula is C19H20ClN3O5. The van der Waals surface area contributed by atoms with Crippen molar-refractivity contribution in [3.8, 4) is 11.5 Å². The number of hydrogen-bond acceptors (Lipinski definition) is 6. The van der Waals surface area contributed by atoms with Gasteiger partial charge in [0.05, 0.1) is 35.8 Å². The lowest BCUT2D eigenvalue weighted by molar-refractivity contribution is -0.385. The molecule has 0 fully saturated rings. The third-order valence-electron chi connectivity index (χ3n) is 3.59. The summed E-state index contributed by atoms with van der Waals surface area (Å²) in [6.07, 6.45) is 1.20. The van der Waals surface area contributed by atoms with Gasteiger partial charge in [-0.25, -0.2) is 5.43 Å². The molecule has 0 unspecified atom stereocenters. The van der Waals surface area contributed by atoms with Crippen molar-refractivity contribution in [3.63, 3.8) is 0 Å². The van der Waals surface area contributed by atoms with Crippen molar-refractivity contribution in [2.45, 2.75) is 20.3 Å². The standard InChI is InChI=1S/C19H20ClN3O5/c1-3-27-17-9-14(15(20)11-18(17)28-4-2)12-21-22-19(24)10-13-7-5-6-8-16(13)23(25)26/h5-9,11-12H,3-4,10H2,1-2H3,(H,22,24). The molecule has 0 radical (unpaired) electrons. The molecule has 0 aromatic heterocycles. The molecule has 0 spiro atoms. The fraction of sp³-hybridized carbons (Fsp3) is 0.263. The molecule has 8 nitrogen and oxygen atoms in total. The van der Waals surface area contributed by atoms with Crippen LogP contribution < -0.4 is 14.9 Å². The molecule has 148 valence electrons. The normalized spacial score (nSPS) is 10.7. The minimum atomic E-state index is -0.527. The summed E-state index contributed by atoms with van der Waals surface area (Å²) in [4.78, 5) is 22.5. The van der Waals surface area contributed by atoms with E-state index < -0.39 is 10.8 Å². The van der Waals surface area contributed by atoms with Gasteiger partial charge in [0, 0.05) is 23.3 Å². The Hall–Kier alpha value is -3.13. The van der Waals surface area contributed by atoms with Gasteiger partial charge < -0.3 is 9.47 Å². The summed E-state index contributed by atoms with van der Waals surface area (Å²) < 4.78 is 11.0. The zero-order valence-electron chi connectivity index (χ0n) is 15.5. The molecule has 0 aliphatic heterocycles. The molecule has 0 atom stereocenters. The van der Waals surface area contributed by atoms with E-state index in [-0.39, 0.29) is 12.1 Å². The van der Waals surface area contributed by atoms with E-state index in [9.17, 15) is 14.9 Å². The lowest BCUT2D eigenvalue weighted by Gasteiger charge is -2.12. The van der Waals surface area contributed by atoms with Gasteiger partial charge in [0.1, 0.15) is 0 Å². The number of halogens is 1. The molecule has 0 aliphatic rings. The van der Waals surface area contributed by atoms with Crippen LogP contribution in [-0.4, -0.2) is 30.3 Å². The lowest BCUT2D eigenvalue weighted by Crippen LogP contribution is -2.20. The monoisotopic (exact) mass is 405 g/mol. The quantitative estimate of drug-likeness (QED) is 0.389. The van der Waals surface area contributed by atoms with E-state index in [4.69, 9.17) is 21.1 Å². The molecule has 0 saturated carbocycles. The maximum absolute atomic E-state index is 12.0. The predicted molar refractivity (Wildman–Crippen MR) is 106 cm³/mol. The summed E-state index contributed by atoms with van der Waals surface area (Å²) in [7, 11) is 0. The van der Waals surface area contributed by atoms with E-state index in [1.54, 1.807) is 24.3 Å². The van der Waals surface area contributed by atoms with Crippen molar-refractivity contribution in [2.75, 3.05) is 13.2 Å². The topological polar surface area (TPSA) is 103 Å². The van der Waals surface area contributed by atoms with Gasteiger partial charge in [-0.05, 0) is 19.9 Å². The molecule has 1 N–H and O–H groups in total. The lowest BCUT2D eigenvalue weighted by atomic mass is 10.1. The highest BCUT2D eigenvalue weighted by molar-refractivity contribution is 6.33. The van der Waals surface area contributed by atoms with Gasteiger partial charge in [-0.1, -0.05) is 29.8 Å². The number of nitrogens with zero attached hydrogens (tertiary/aromatic N) is 2. The number of hydrazone groups is 1. The van der Waals surface area contributed by atoms with E-state index in [1.165, 1.54) is 18.3 Å². The summed E-state index contributed by atoms with van der Waals surface area (Å²) in [5.41, 5.74) is 3.06. The van der Waals surface area contributed by atoms with Crippen molar-refractivity contribution in [1.82, 2.24) is 5.43 Å². The summed E-state index contributed by atoms with van der Waals surface area (Å²) in [6.45, 7) is 4.61. The fourth-order valence-corrected chi connectivity index (χ4v) is 2.61. The maximum atomic E-state index is 12.0. The Bertz CT molecular complexity index is 886. The average Bonchev–Trinajstić information content (AvgIpc) is 2.65. The van der Waals surface area contributed by atoms with Crippen molar-refractivity contribution in [2.24, 2.45) is 5.10 Å². The highest BCUT2D eigenvalue weighted by Crippen LogP contribution is 2.33. The van der Waals surface area contributed by atoms with E-state index >= 15 is 0 Å². The predicted octanol–water partition coefficient (Wildman–Crippen LogP) is 3.74. The van der Waals surface area contributed by atoms with Crippen LogP contribution in [0.25, 0.3) is 0 Å². The molecule has 0 heterocycles. The largest absolute Gasteiger partial charge is 0.490 e. The Morgan fingerprint density at radius 1 is 1.21 bits per heavy atom. The van der Waals surface area contributed by atoms with Gasteiger partial charge in [0.25, 0.3) is 5.69 Å². The zero-order valence-corrected chi connectivity index (χ0v) is 16.2. The van der Waals surface area contributed by atoms with Gasteiger partial charge in [-0.2, -0.15) is 5.10 Å². The van der Waals surface area contributed by atoms with Crippen molar-refractivity contribution >= 4 is 29.4 Å². The third kappa shape index (κ3) is 5.68. The molecule has 2 rings (SSSR count). The summed E-state index contributed by atoms with van der Waals surface area (Å²) >= 11 is 6.22. The molecule has 0 aliphatic carbocycles. The van der Waals surface area contributed by atoms with Gasteiger partial charge in [0.2, 0.25) is 5.91 Å².